The number of carbonyl (C=O) groups is 1. The zero-order chi connectivity index (χ0) is 20.4. The molecule has 1 amide bonds. The van der Waals surface area contributed by atoms with Crippen molar-refractivity contribution >= 4 is 27.0 Å². The van der Waals surface area contributed by atoms with Crippen LogP contribution < -0.4 is 5.32 Å². The van der Waals surface area contributed by atoms with Crippen molar-refractivity contribution in [3.8, 4) is 0 Å². The molecule has 1 saturated heterocycles. The summed E-state index contributed by atoms with van der Waals surface area (Å²) >= 11 is 0. The first-order valence-corrected chi connectivity index (χ1v) is 11.3. The molecule has 6 nitrogen and oxygen atoms in total. The average molecular weight is 412 g/mol. The molecule has 3 aromatic rings. The van der Waals surface area contributed by atoms with Gasteiger partial charge in [-0.1, -0.05) is 30.2 Å². The first kappa shape index (κ1) is 19.7. The van der Waals surface area contributed by atoms with E-state index in [0.29, 0.717) is 24.5 Å². The number of sulfonamides is 1. The van der Waals surface area contributed by atoms with E-state index in [1.54, 1.807) is 39.3 Å². The SMILES string of the molecule is Cc1ccc2c(ccn2C(=O)NCc2ccc(S(=O)(=O)N3CCCCC3)cc2)c1. The van der Waals surface area contributed by atoms with Gasteiger partial charge in [-0.05, 0) is 55.7 Å². The van der Waals surface area contributed by atoms with Crippen molar-refractivity contribution in [2.24, 2.45) is 0 Å². The number of nitrogens with one attached hydrogen (secondary N) is 1. The van der Waals surface area contributed by atoms with Crippen molar-refractivity contribution in [2.75, 3.05) is 13.1 Å². The molecule has 0 radical (unpaired) electrons. The molecule has 0 aliphatic carbocycles. The van der Waals surface area contributed by atoms with E-state index >= 15 is 0 Å². The van der Waals surface area contributed by atoms with Crippen molar-refractivity contribution in [1.82, 2.24) is 14.2 Å². The van der Waals surface area contributed by atoms with Gasteiger partial charge in [0.15, 0.2) is 0 Å². The summed E-state index contributed by atoms with van der Waals surface area (Å²) in [7, 11) is -3.43. The number of carbonyl (C=O) groups excluding carboxylic acids is 1. The summed E-state index contributed by atoms with van der Waals surface area (Å²) in [6.07, 6.45) is 4.67. The third-order valence-corrected chi connectivity index (χ3v) is 7.30. The number of fused-ring (bicyclic) bond motifs is 1. The van der Waals surface area contributed by atoms with Gasteiger partial charge in [0.1, 0.15) is 0 Å². The van der Waals surface area contributed by atoms with Crippen LogP contribution in [0, 0.1) is 6.92 Å². The van der Waals surface area contributed by atoms with Crippen LogP contribution in [0.4, 0.5) is 4.79 Å². The van der Waals surface area contributed by atoms with Gasteiger partial charge in [-0.25, -0.2) is 13.2 Å². The van der Waals surface area contributed by atoms with E-state index in [0.717, 1.165) is 41.3 Å². The maximum absolute atomic E-state index is 12.7. The molecule has 2 aromatic carbocycles. The van der Waals surface area contributed by atoms with E-state index in [2.05, 4.69) is 5.32 Å². The lowest BCUT2D eigenvalue weighted by molar-refractivity contribution is 0.243. The maximum Gasteiger partial charge on any atom is 0.326 e. The van der Waals surface area contributed by atoms with Crippen molar-refractivity contribution in [3.63, 3.8) is 0 Å². The molecule has 0 saturated carbocycles. The Hall–Kier alpha value is -2.64. The zero-order valence-corrected chi connectivity index (χ0v) is 17.3. The van der Waals surface area contributed by atoms with Crippen LogP contribution in [0.2, 0.25) is 0 Å². The number of hydrogen-bond acceptors (Lipinski definition) is 3. The minimum atomic E-state index is -3.43. The number of hydrogen-bond donors (Lipinski definition) is 1. The van der Waals surface area contributed by atoms with Gasteiger partial charge in [0.25, 0.3) is 0 Å². The monoisotopic (exact) mass is 411 g/mol. The van der Waals surface area contributed by atoms with Gasteiger partial charge in [-0.2, -0.15) is 4.31 Å². The highest BCUT2D eigenvalue weighted by molar-refractivity contribution is 7.89. The third kappa shape index (κ3) is 4.06. The van der Waals surface area contributed by atoms with Crippen molar-refractivity contribution in [3.05, 3.63) is 65.9 Å². The number of nitrogens with zero attached hydrogens (tertiary/aromatic N) is 2. The molecule has 7 heteroatoms. The molecular weight excluding hydrogens is 386 g/mol. The summed E-state index contributed by atoms with van der Waals surface area (Å²) in [5.41, 5.74) is 2.86. The summed E-state index contributed by atoms with van der Waals surface area (Å²) in [6, 6.07) is 14.4. The lowest BCUT2D eigenvalue weighted by Crippen LogP contribution is -2.35. The van der Waals surface area contributed by atoms with Crippen LogP contribution in [-0.4, -0.2) is 36.4 Å². The van der Waals surface area contributed by atoms with Crippen LogP contribution in [-0.2, 0) is 16.6 Å². The lowest BCUT2D eigenvalue weighted by Gasteiger charge is -2.25. The highest BCUT2D eigenvalue weighted by atomic mass is 32.2. The molecule has 1 aliphatic rings. The van der Waals surface area contributed by atoms with Crippen LogP contribution in [0.5, 0.6) is 0 Å². The van der Waals surface area contributed by atoms with Crippen LogP contribution in [0.3, 0.4) is 0 Å². The molecule has 2 heterocycles. The van der Waals surface area contributed by atoms with E-state index < -0.39 is 10.0 Å². The molecule has 0 atom stereocenters. The molecular formula is C22H25N3O3S. The second-order valence-electron chi connectivity index (χ2n) is 7.52. The fourth-order valence-corrected chi connectivity index (χ4v) is 5.25. The molecule has 1 fully saturated rings. The Morgan fingerprint density at radius 3 is 2.45 bits per heavy atom. The molecule has 1 N–H and O–H groups in total. The molecule has 0 unspecified atom stereocenters. The van der Waals surface area contributed by atoms with Gasteiger partial charge < -0.3 is 5.32 Å². The number of aromatic nitrogens is 1. The van der Waals surface area contributed by atoms with Crippen LogP contribution in [0.1, 0.15) is 30.4 Å². The zero-order valence-electron chi connectivity index (χ0n) is 16.5. The highest BCUT2D eigenvalue weighted by Crippen LogP contribution is 2.21. The molecule has 4 rings (SSSR count). The second-order valence-corrected chi connectivity index (χ2v) is 9.45. The van der Waals surface area contributed by atoms with E-state index in [-0.39, 0.29) is 6.03 Å². The van der Waals surface area contributed by atoms with E-state index in [9.17, 15) is 13.2 Å². The molecule has 29 heavy (non-hydrogen) atoms. The topological polar surface area (TPSA) is 71.4 Å². The minimum absolute atomic E-state index is 0.214. The first-order valence-electron chi connectivity index (χ1n) is 9.90. The maximum atomic E-state index is 12.7. The van der Waals surface area contributed by atoms with E-state index in [1.165, 1.54) is 0 Å². The molecule has 0 bridgehead atoms. The first-order chi connectivity index (χ1) is 13.9. The number of amides is 1. The summed E-state index contributed by atoms with van der Waals surface area (Å²) in [6.45, 7) is 3.52. The Bertz CT molecular complexity index is 1130. The Morgan fingerprint density at radius 1 is 1.00 bits per heavy atom. The van der Waals surface area contributed by atoms with E-state index in [1.807, 2.05) is 31.2 Å². The molecule has 0 spiro atoms. The quantitative estimate of drug-likeness (QED) is 0.708. The van der Waals surface area contributed by atoms with Crippen molar-refractivity contribution < 1.29 is 13.2 Å². The fraction of sp³-hybridized carbons (Fsp3) is 0.318. The Labute approximate surface area is 171 Å². The highest BCUT2D eigenvalue weighted by Gasteiger charge is 2.25. The van der Waals surface area contributed by atoms with Crippen LogP contribution in [0.15, 0.2) is 59.6 Å². The summed E-state index contributed by atoms with van der Waals surface area (Å²) in [4.78, 5) is 12.9. The van der Waals surface area contributed by atoms with Gasteiger partial charge >= 0.3 is 6.03 Å². The van der Waals surface area contributed by atoms with Crippen LogP contribution >= 0.6 is 0 Å². The average Bonchev–Trinajstić information content (AvgIpc) is 3.16. The number of piperidine rings is 1. The number of rotatable bonds is 4. The molecule has 152 valence electrons. The van der Waals surface area contributed by atoms with Gasteiger partial charge in [-0.3, -0.25) is 4.57 Å². The standard InChI is InChI=1S/C22H25N3O3S/c1-17-5-10-21-19(15-17)11-14-25(21)22(26)23-16-18-6-8-20(9-7-18)29(27,28)24-12-3-2-4-13-24/h5-11,14-15H,2-4,12-13,16H2,1H3,(H,23,26). The smallest absolute Gasteiger partial charge is 0.326 e. The molecule has 1 aliphatic heterocycles. The van der Waals surface area contributed by atoms with Crippen LogP contribution in [0.25, 0.3) is 10.9 Å². The predicted molar refractivity (Wildman–Crippen MR) is 113 cm³/mol. The second kappa shape index (κ2) is 8.00. The fourth-order valence-electron chi connectivity index (χ4n) is 3.74. The Morgan fingerprint density at radius 2 is 1.72 bits per heavy atom. The number of aryl methyl sites for hydroxylation is 1. The number of benzene rings is 2. The largest absolute Gasteiger partial charge is 0.333 e. The van der Waals surface area contributed by atoms with Crippen molar-refractivity contribution in [2.45, 2.75) is 37.6 Å². The van der Waals surface area contributed by atoms with E-state index in [4.69, 9.17) is 0 Å². The van der Waals surface area contributed by atoms with Gasteiger partial charge in [-0.15, -0.1) is 0 Å². The predicted octanol–water partition coefficient (Wildman–Crippen LogP) is 3.88. The van der Waals surface area contributed by atoms with Gasteiger partial charge in [0.2, 0.25) is 10.0 Å². The van der Waals surface area contributed by atoms with Gasteiger partial charge in [0.05, 0.1) is 10.4 Å². The Balaban J connectivity index is 1.43. The lowest BCUT2D eigenvalue weighted by atomic mass is 10.2. The normalized spacial score (nSPS) is 15.5. The summed E-state index contributed by atoms with van der Waals surface area (Å²) in [5.74, 6) is 0. The summed E-state index contributed by atoms with van der Waals surface area (Å²) in [5, 5.41) is 3.91. The summed E-state index contributed by atoms with van der Waals surface area (Å²) < 4.78 is 28.6. The van der Waals surface area contributed by atoms with Gasteiger partial charge in [0, 0.05) is 31.2 Å². The van der Waals surface area contributed by atoms with Crippen molar-refractivity contribution in [1.29, 1.82) is 0 Å². The third-order valence-electron chi connectivity index (χ3n) is 5.38. The molecule has 1 aromatic heterocycles. The Kier molecular flexibility index (Phi) is 5.43. The minimum Gasteiger partial charge on any atom is -0.333 e.